The molecule has 1 aromatic carbocycles. The van der Waals surface area contributed by atoms with E-state index in [1.807, 2.05) is 7.11 Å². The first kappa shape index (κ1) is 14.9. The van der Waals surface area contributed by atoms with Crippen molar-refractivity contribution in [2.45, 2.75) is 71.6 Å². The SMILES string of the molecule is COc1cc2c(cc1C(C)C)C[C@H]1C(C)(C)CCC[C@@]21C. The Morgan fingerprint density at radius 3 is 2.48 bits per heavy atom. The summed E-state index contributed by atoms with van der Waals surface area (Å²) in [5, 5.41) is 0. The van der Waals surface area contributed by atoms with Crippen molar-refractivity contribution in [1.29, 1.82) is 0 Å². The predicted molar refractivity (Wildman–Crippen MR) is 89.3 cm³/mol. The zero-order chi connectivity index (χ0) is 15.4. The predicted octanol–water partition coefficient (Wildman–Crippen LogP) is 5.46. The lowest BCUT2D eigenvalue weighted by Gasteiger charge is -2.47. The second-order valence-corrected chi connectivity index (χ2v) is 8.42. The molecule has 1 fully saturated rings. The van der Waals surface area contributed by atoms with E-state index in [0.29, 0.717) is 16.7 Å². The van der Waals surface area contributed by atoms with Crippen molar-refractivity contribution in [3.63, 3.8) is 0 Å². The van der Waals surface area contributed by atoms with Crippen LogP contribution in [0, 0.1) is 11.3 Å². The molecule has 21 heavy (non-hydrogen) atoms. The van der Waals surface area contributed by atoms with Crippen LogP contribution in [0.4, 0.5) is 0 Å². The third-order valence-electron chi connectivity index (χ3n) is 6.35. The molecule has 0 saturated heterocycles. The van der Waals surface area contributed by atoms with Crippen molar-refractivity contribution in [3.8, 4) is 5.75 Å². The van der Waals surface area contributed by atoms with Gasteiger partial charge in [0.05, 0.1) is 7.11 Å². The zero-order valence-corrected chi connectivity index (χ0v) is 14.5. The van der Waals surface area contributed by atoms with Gasteiger partial charge in [-0.05, 0) is 64.7 Å². The van der Waals surface area contributed by atoms with Crippen molar-refractivity contribution in [2.24, 2.45) is 11.3 Å². The molecular weight excluding hydrogens is 256 g/mol. The van der Waals surface area contributed by atoms with E-state index in [9.17, 15) is 0 Å². The minimum atomic E-state index is 0.347. The Kier molecular flexibility index (Phi) is 3.39. The molecule has 1 heteroatoms. The molecule has 1 aromatic rings. The second kappa shape index (κ2) is 4.76. The van der Waals surface area contributed by atoms with Gasteiger partial charge < -0.3 is 4.74 Å². The average Bonchev–Trinajstić information content (AvgIpc) is 2.71. The lowest BCUT2D eigenvalue weighted by molar-refractivity contribution is 0.0701. The Labute approximate surface area is 130 Å². The molecule has 2 atom stereocenters. The maximum absolute atomic E-state index is 5.71. The number of hydrogen-bond donors (Lipinski definition) is 0. The van der Waals surface area contributed by atoms with Gasteiger partial charge in [-0.25, -0.2) is 0 Å². The van der Waals surface area contributed by atoms with E-state index in [0.717, 1.165) is 11.7 Å². The molecule has 0 heterocycles. The minimum absolute atomic E-state index is 0.347. The summed E-state index contributed by atoms with van der Waals surface area (Å²) >= 11 is 0. The molecule has 0 amide bonds. The monoisotopic (exact) mass is 286 g/mol. The number of hydrogen-bond acceptors (Lipinski definition) is 1. The molecule has 0 N–H and O–H groups in total. The van der Waals surface area contributed by atoms with Crippen molar-refractivity contribution in [3.05, 3.63) is 28.8 Å². The zero-order valence-electron chi connectivity index (χ0n) is 14.5. The highest BCUT2D eigenvalue weighted by Crippen LogP contribution is 2.59. The average molecular weight is 286 g/mol. The first-order valence-corrected chi connectivity index (χ1v) is 8.51. The van der Waals surface area contributed by atoms with Gasteiger partial charge in [-0.3, -0.25) is 0 Å². The fourth-order valence-corrected chi connectivity index (χ4v) is 5.14. The number of ether oxygens (including phenoxy) is 1. The van der Waals surface area contributed by atoms with Crippen LogP contribution in [0.25, 0.3) is 0 Å². The van der Waals surface area contributed by atoms with Gasteiger partial charge in [-0.2, -0.15) is 0 Å². The van der Waals surface area contributed by atoms with Gasteiger partial charge in [0.15, 0.2) is 0 Å². The first-order valence-electron chi connectivity index (χ1n) is 8.51. The first-order chi connectivity index (χ1) is 9.79. The Morgan fingerprint density at radius 2 is 1.86 bits per heavy atom. The highest BCUT2D eigenvalue weighted by molar-refractivity contribution is 5.51. The van der Waals surface area contributed by atoms with E-state index < -0.39 is 0 Å². The van der Waals surface area contributed by atoms with Crippen LogP contribution in [0.15, 0.2) is 12.1 Å². The maximum atomic E-state index is 5.71. The molecule has 1 nitrogen and oxygen atoms in total. The van der Waals surface area contributed by atoms with Crippen LogP contribution in [0.3, 0.4) is 0 Å². The van der Waals surface area contributed by atoms with E-state index in [-0.39, 0.29) is 0 Å². The number of fused-ring (bicyclic) bond motifs is 3. The summed E-state index contributed by atoms with van der Waals surface area (Å²) in [6.07, 6.45) is 5.31. The highest BCUT2D eigenvalue weighted by atomic mass is 16.5. The molecule has 3 rings (SSSR count). The molecule has 2 aliphatic rings. The van der Waals surface area contributed by atoms with Crippen molar-refractivity contribution in [2.75, 3.05) is 7.11 Å². The standard InChI is InChI=1S/C20H30O/c1-13(2)15-10-14-11-18-19(3,4)8-7-9-20(18,5)16(14)12-17(15)21-6/h10,12-13,18H,7-9,11H2,1-6H3/t18-,20-/m0/s1. The van der Waals surface area contributed by atoms with Gasteiger partial charge in [0.2, 0.25) is 0 Å². The van der Waals surface area contributed by atoms with Crippen molar-refractivity contribution < 1.29 is 4.74 Å². The van der Waals surface area contributed by atoms with Gasteiger partial charge in [0.1, 0.15) is 5.75 Å². The molecule has 0 aliphatic heterocycles. The molecule has 2 aliphatic carbocycles. The van der Waals surface area contributed by atoms with Crippen LogP contribution in [0.1, 0.15) is 76.5 Å². The van der Waals surface area contributed by atoms with Crippen LogP contribution in [-0.4, -0.2) is 7.11 Å². The summed E-state index contributed by atoms with van der Waals surface area (Å²) < 4.78 is 5.71. The van der Waals surface area contributed by atoms with E-state index in [1.54, 1.807) is 11.1 Å². The van der Waals surface area contributed by atoms with Gasteiger partial charge in [0, 0.05) is 0 Å². The fourth-order valence-electron chi connectivity index (χ4n) is 5.14. The van der Waals surface area contributed by atoms with Crippen LogP contribution in [0.5, 0.6) is 5.75 Å². The summed E-state index contributed by atoms with van der Waals surface area (Å²) in [6.45, 7) is 12.0. The summed E-state index contributed by atoms with van der Waals surface area (Å²) in [5.74, 6) is 2.39. The number of methoxy groups -OCH3 is 1. The van der Waals surface area contributed by atoms with Crippen LogP contribution in [0.2, 0.25) is 0 Å². The molecule has 116 valence electrons. The molecule has 0 bridgehead atoms. The number of rotatable bonds is 2. The summed E-state index contributed by atoms with van der Waals surface area (Å²) in [5.41, 5.74) is 5.33. The van der Waals surface area contributed by atoms with Gasteiger partial charge >= 0.3 is 0 Å². The van der Waals surface area contributed by atoms with Crippen molar-refractivity contribution in [1.82, 2.24) is 0 Å². The van der Waals surface area contributed by atoms with Crippen LogP contribution in [-0.2, 0) is 11.8 Å². The van der Waals surface area contributed by atoms with E-state index >= 15 is 0 Å². The summed E-state index contributed by atoms with van der Waals surface area (Å²) in [7, 11) is 1.81. The third-order valence-corrected chi connectivity index (χ3v) is 6.35. The van der Waals surface area contributed by atoms with E-state index in [1.165, 1.54) is 31.2 Å². The quantitative estimate of drug-likeness (QED) is 0.701. The normalized spacial score (nSPS) is 30.1. The molecule has 1 saturated carbocycles. The van der Waals surface area contributed by atoms with Crippen molar-refractivity contribution >= 4 is 0 Å². The van der Waals surface area contributed by atoms with E-state index in [2.05, 4.69) is 46.8 Å². The smallest absolute Gasteiger partial charge is 0.122 e. The molecule has 0 radical (unpaired) electrons. The third kappa shape index (κ3) is 2.12. The molecular formula is C20H30O. The highest BCUT2D eigenvalue weighted by Gasteiger charge is 2.52. The van der Waals surface area contributed by atoms with Crippen LogP contribution >= 0.6 is 0 Å². The summed E-state index contributed by atoms with van der Waals surface area (Å²) in [4.78, 5) is 0. The van der Waals surface area contributed by atoms with Crippen LogP contribution < -0.4 is 4.74 Å². The Hall–Kier alpha value is -0.980. The second-order valence-electron chi connectivity index (χ2n) is 8.42. The number of benzene rings is 1. The largest absolute Gasteiger partial charge is 0.496 e. The molecule has 0 unspecified atom stereocenters. The summed E-state index contributed by atoms with van der Waals surface area (Å²) in [6, 6.07) is 4.81. The van der Waals surface area contributed by atoms with Gasteiger partial charge in [-0.15, -0.1) is 0 Å². The Balaban J connectivity index is 2.13. The molecule has 0 spiro atoms. The lowest BCUT2D eigenvalue weighted by Crippen LogP contribution is -2.42. The van der Waals surface area contributed by atoms with E-state index in [4.69, 9.17) is 4.74 Å². The Morgan fingerprint density at radius 1 is 1.14 bits per heavy atom. The molecule has 0 aromatic heterocycles. The Bertz CT molecular complexity index is 555. The van der Waals surface area contributed by atoms with Gasteiger partial charge in [0.25, 0.3) is 0 Å². The van der Waals surface area contributed by atoms with Gasteiger partial charge in [-0.1, -0.05) is 47.1 Å². The fraction of sp³-hybridized carbons (Fsp3) is 0.700. The lowest BCUT2D eigenvalue weighted by atomic mass is 9.57. The topological polar surface area (TPSA) is 9.23 Å². The minimum Gasteiger partial charge on any atom is -0.496 e. The maximum Gasteiger partial charge on any atom is 0.122 e.